The van der Waals surface area contributed by atoms with Crippen molar-refractivity contribution in [1.82, 2.24) is 9.78 Å². The zero-order valence-corrected chi connectivity index (χ0v) is 14.2. The molecule has 0 spiro atoms. The molecule has 4 nitrogen and oxygen atoms in total. The smallest absolute Gasteiger partial charge is 0.231 e. The molecule has 0 N–H and O–H groups in total. The Labute approximate surface area is 142 Å². The van der Waals surface area contributed by atoms with Gasteiger partial charge in [-0.25, -0.2) is 4.68 Å². The second-order valence-corrected chi connectivity index (χ2v) is 5.97. The van der Waals surface area contributed by atoms with E-state index in [1.54, 1.807) is 4.90 Å². The average Bonchev–Trinajstić information content (AvgIpc) is 2.94. The Hall–Kier alpha value is -2.88. The van der Waals surface area contributed by atoms with Gasteiger partial charge < -0.3 is 4.90 Å². The number of hydrogen-bond donors (Lipinski definition) is 0. The summed E-state index contributed by atoms with van der Waals surface area (Å²) in [5.41, 5.74) is 5.00. The first-order chi connectivity index (χ1) is 11.5. The van der Waals surface area contributed by atoms with Crippen LogP contribution in [0.25, 0.3) is 5.69 Å². The molecule has 0 atom stereocenters. The van der Waals surface area contributed by atoms with E-state index in [1.165, 1.54) is 0 Å². The number of likely N-dealkylation sites (N-methyl/N-ethyl adjacent to an activating group) is 1. The summed E-state index contributed by atoms with van der Waals surface area (Å²) >= 11 is 0. The van der Waals surface area contributed by atoms with Gasteiger partial charge in [-0.2, -0.15) is 5.10 Å². The fourth-order valence-electron chi connectivity index (χ4n) is 2.73. The highest BCUT2D eigenvalue weighted by atomic mass is 16.2. The molecule has 0 aliphatic heterocycles. The number of nitrogens with zero attached hydrogens (tertiary/aromatic N) is 3. The lowest BCUT2D eigenvalue weighted by Gasteiger charge is -2.17. The van der Waals surface area contributed by atoms with Crippen LogP contribution in [0, 0.1) is 13.8 Å². The minimum atomic E-state index is 0.0695. The van der Waals surface area contributed by atoms with Crippen molar-refractivity contribution in [3.05, 3.63) is 77.6 Å². The van der Waals surface area contributed by atoms with Crippen LogP contribution in [0.1, 0.15) is 17.0 Å². The molecule has 122 valence electrons. The molecule has 3 rings (SSSR count). The van der Waals surface area contributed by atoms with Crippen molar-refractivity contribution < 1.29 is 4.79 Å². The van der Waals surface area contributed by atoms with Crippen LogP contribution in [-0.4, -0.2) is 22.7 Å². The van der Waals surface area contributed by atoms with Crippen LogP contribution >= 0.6 is 0 Å². The summed E-state index contributed by atoms with van der Waals surface area (Å²) in [5.74, 6) is 0.0695. The van der Waals surface area contributed by atoms with Crippen molar-refractivity contribution in [2.45, 2.75) is 20.3 Å². The number of carbonyl (C=O) groups is 1. The van der Waals surface area contributed by atoms with Crippen molar-refractivity contribution in [1.29, 1.82) is 0 Å². The van der Waals surface area contributed by atoms with E-state index < -0.39 is 0 Å². The predicted octanol–water partition coefficient (Wildman–Crippen LogP) is 3.69. The zero-order valence-electron chi connectivity index (χ0n) is 14.2. The van der Waals surface area contributed by atoms with Crippen molar-refractivity contribution >= 4 is 11.6 Å². The van der Waals surface area contributed by atoms with Crippen LogP contribution in [-0.2, 0) is 11.2 Å². The van der Waals surface area contributed by atoms with Crippen LogP contribution in [0.4, 0.5) is 5.69 Å². The molecule has 1 heterocycles. The van der Waals surface area contributed by atoms with Gasteiger partial charge in [0.05, 0.1) is 17.8 Å². The fourth-order valence-corrected chi connectivity index (χ4v) is 2.73. The topological polar surface area (TPSA) is 38.1 Å². The van der Waals surface area contributed by atoms with Gasteiger partial charge in [-0.05, 0) is 49.7 Å². The van der Waals surface area contributed by atoms with Crippen LogP contribution in [0.5, 0.6) is 0 Å². The number of benzene rings is 2. The van der Waals surface area contributed by atoms with Gasteiger partial charge in [0.2, 0.25) is 5.91 Å². The lowest BCUT2D eigenvalue weighted by Crippen LogP contribution is -2.27. The van der Waals surface area contributed by atoms with E-state index in [1.807, 2.05) is 86.2 Å². The summed E-state index contributed by atoms with van der Waals surface area (Å²) in [4.78, 5) is 14.1. The SMILES string of the molecule is Cc1cc(C)n(-c2ccc(CC(=O)N(C)c3ccccc3)cc2)n1. The fraction of sp³-hybridized carbons (Fsp3) is 0.200. The standard InChI is InChI=1S/C20H21N3O/c1-15-13-16(2)23(21-15)19-11-9-17(10-12-19)14-20(24)22(3)18-7-5-4-6-8-18/h4-13H,14H2,1-3H3. The van der Waals surface area contributed by atoms with Gasteiger partial charge in [-0.1, -0.05) is 30.3 Å². The first-order valence-electron chi connectivity index (χ1n) is 7.99. The lowest BCUT2D eigenvalue weighted by atomic mass is 10.1. The molecule has 3 aromatic rings. The van der Waals surface area contributed by atoms with E-state index in [0.29, 0.717) is 6.42 Å². The molecule has 4 heteroatoms. The third kappa shape index (κ3) is 3.38. The number of aromatic nitrogens is 2. The number of amides is 1. The summed E-state index contributed by atoms with van der Waals surface area (Å²) in [7, 11) is 1.81. The van der Waals surface area contributed by atoms with E-state index in [0.717, 1.165) is 28.3 Å². The van der Waals surface area contributed by atoms with Gasteiger partial charge >= 0.3 is 0 Å². The van der Waals surface area contributed by atoms with E-state index >= 15 is 0 Å². The van der Waals surface area contributed by atoms with E-state index in [9.17, 15) is 4.79 Å². The Morgan fingerprint density at radius 2 is 1.71 bits per heavy atom. The number of rotatable bonds is 4. The lowest BCUT2D eigenvalue weighted by molar-refractivity contribution is -0.117. The number of para-hydroxylation sites is 1. The molecule has 1 amide bonds. The molecule has 0 unspecified atom stereocenters. The molecular weight excluding hydrogens is 298 g/mol. The molecule has 24 heavy (non-hydrogen) atoms. The highest BCUT2D eigenvalue weighted by Crippen LogP contribution is 2.16. The maximum atomic E-state index is 12.4. The Bertz CT molecular complexity index is 835. The van der Waals surface area contributed by atoms with Crippen LogP contribution in [0.3, 0.4) is 0 Å². The Morgan fingerprint density at radius 1 is 1.04 bits per heavy atom. The third-order valence-corrected chi connectivity index (χ3v) is 4.06. The van der Waals surface area contributed by atoms with Crippen molar-refractivity contribution in [2.24, 2.45) is 0 Å². The minimum absolute atomic E-state index is 0.0695. The Kier molecular flexibility index (Phi) is 4.47. The normalized spacial score (nSPS) is 10.6. The molecular formula is C20H21N3O. The van der Waals surface area contributed by atoms with Crippen molar-refractivity contribution in [3.63, 3.8) is 0 Å². The molecule has 0 fully saturated rings. The quantitative estimate of drug-likeness (QED) is 0.735. The van der Waals surface area contributed by atoms with E-state index in [-0.39, 0.29) is 5.91 Å². The number of aryl methyl sites for hydroxylation is 2. The largest absolute Gasteiger partial charge is 0.315 e. The van der Waals surface area contributed by atoms with Crippen LogP contribution in [0.15, 0.2) is 60.7 Å². The van der Waals surface area contributed by atoms with Gasteiger partial charge in [0.25, 0.3) is 0 Å². The number of hydrogen-bond acceptors (Lipinski definition) is 2. The number of anilines is 1. The summed E-state index contributed by atoms with van der Waals surface area (Å²) in [5, 5.41) is 4.48. The van der Waals surface area contributed by atoms with Crippen molar-refractivity contribution in [3.8, 4) is 5.69 Å². The van der Waals surface area contributed by atoms with Crippen LogP contribution < -0.4 is 4.90 Å². The monoisotopic (exact) mass is 319 g/mol. The third-order valence-electron chi connectivity index (χ3n) is 4.06. The summed E-state index contributed by atoms with van der Waals surface area (Å²) < 4.78 is 1.91. The molecule has 0 aliphatic rings. The molecule has 0 aliphatic carbocycles. The van der Waals surface area contributed by atoms with Gasteiger partial charge in [0.15, 0.2) is 0 Å². The van der Waals surface area contributed by atoms with Gasteiger partial charge in [-0.3, -0.25) is 4.79 Å². The number of carbonyl (C=O) groups excluding carboxylic acids is 1. The van der Waals surface area contributed by atoms with Crippen LogP contribution in [0.2, 0.25) is 0 Å². The molecule has 1 aromatic heterocycles. The first-order valence-corrected chi connectivity index (χ1v) is 7.99. The first kappa shape index (κ1) is 16.0. The van der Waals surface area contributed by atoms with Gasteiger partial charge in [-0.15, -0.1) is 0 Å². The average molecular weight is 319 g/mol. The highest BCUT2D eigenvalue weighted by molar-refractivity contribution is 5.94. The minimum Gasteiger partial charge on any atom is -0.315 e. The van der Waals surface area contributed by atoms with Gasteiger partial charge in [0.1, 0.15) is 0 Å². The Balaban J connectivity index is 1.72. The molecule has 2 aromatic carbocycles. The summed E-state index contributed by atoms with van der Waals surface area (Å²) in [6, 6.07) is 19.7. The summed E-state index contributed by atoms with van der Waals surface area (Å²) in [6.45, 7) is 4.02. The zero-order chi connectivity index (χ0) is 17.1. The maximum absolute atomic E-state index is 12.4. The maximum Gasteiger partial charge on any atom is 0.231 e. The van der Waals surface area contributed by atoms with E-state index in [2.05, 4.69) is 5.10 Å². The molecule has 0 bridgehead atoms. The van der Waals surface area contributed by atoms with E-state index in [4.69, 9.17) is 0 Å². The van der Waals surface area contributed by atoms with Gasteiger partial charge in [0, 0.05) is 18.4 Å². The predicted molar refractivity (Wildman–Crippen MR) is 96.6 cm³/mol. The van der Waals surface area contributed by atoms with Crippen molar-refractivity contribution in [2.75, 3.05) is 11.9 Å². The highest BCUT2D eigenvalue weighted by Gasteiger charge is 2.11. The summed E-state index contributed by atoms with van der Waals surface area (Å²) in [6.07, 6.45) is 0.378. The Morgan fingerprint density at radius 3 is 2.29 bits per heavy atom. The molecule has 0 saturated carbocycles. The second kappa shape index (κ2) is 6.71. The molecule has 0 saturated heterocycles. The second-order valence-electron chi connectivity index (χ2n) is 5.97. The molecule has 0 radical (unpaired) electrons.